The summed E-state index contributed by atoms with van der Waals surface area (Å²) in [6.45, 7) is 5.40. The van der Waals surface area contributed by atoms with Crippen LogP contribution in [0.25, 0.3) is 11.3 Å². The molecule has 2 aromatic rings. The molecule has 1 aromatic carbocycles. The number of hydrogen-bond donors (Lipinski definition) is 0. The minimum absolute atomic E-state index is 0.253. The van der Waals surface area contributed by atoms with Crippen LogP contribution in [-0.2, 0) is 17.9 Å². The Morgan fingerprint density at radius 3 is 2.53 bits per heavy atom. The van der Waals surface area contributed by atoms with E-state index in [1.165, 1.54) is 19.3 Å². The summed E-state index contributed by atoms with van der Waals surface area (Å²) in [5.41, 5.74) is 2.97. The quantitative estimate of drug-likeness (QED) is 0.729. The third kappa shape index (κ3) is 4.61. The summed E-state index contributed by atoms with van der Waals surface area (Å²) in [5.74, 6) is 1.64. The molecule has 4 rings (SSSR count). The topological polar surface area (TPSA) is 59.8 Å². The molecule has 3 heterocycles. The number of aryl methyl sites for hydroxylation is 1. The van der Waals surface area contributed by atoms with Crippen LogP contribution < -0.4 is 9.47 Å². The number of carbonyl (C=O) groups is 1. The highest BCUT2D eigenvalue weighted by atomic mass is 16.5. The van der Waals surface area contributed by atoms with Crippen LogP contribution in [0.3, 0.4) is 0 Å². The molecule has 0 atom stereocenters. The van der Waals surface area contributed by atoms with Crippen molar-refractivity contribution in [1.29, 1.82) is 0 Å². The lowest BCUT2D eigenvalue weighted by molar-refractivity contribution is -0.132. The first-order valence-corrected chi connectivity index (χ1v) is 11.0. The van der Waals surface area contributed by atoms with Crippen molar-refractivity contribution in [2.24, 2.45) is 0 Å². The van der Waals surface area contributed by atoms with Gasteiger partial charge in [-0.1, -0.05) is 6.42 Å². The lowest BCUT2D eigenvalue weighted by Crippen LogP contribution is -2.36. The van der Waals surface area contributed by atoms with Gasteiger partial charge in [-0.05, 0) is 56.6 Å². The van der Waals surface area contributed by atoms with Gasteiger partial charge in [-0.2, -0.15) is 5.10 Å². The third-order valence-corrected chi connectivity index (χ3v) is 6.14. The molecule has 1 aromatic heterocycles. The highest BCUT2D eigenvalue weighted by molar-refractivity contribution is 5.76. The molecule has 2 aliphatic heterocycles. The second-order valence-electron chi connectivity index (χ2n) is 8.13. The first-order chi connectivity index (χ1) is 14.7. The molecule has 7 nitrogen and oxygen atoms in total. The summed E-state index contributed by atoms with van der Waals surface area (Å²) in [6, 6.07) is 7.93. The maximum atomic E-state index is 12.9. The molecule has 162 valence electrons. The summed E-state index contributed by atoms with van der Waals surface area (Å²) < 4.78 is 12.8. The van der Waals surface area contributed by atoms with Gasteiger partial charge < -0.3 is 19.3 Å². The van der Waals surface area contributed by atoms with E-state index in [0.717, 1.165) is 56.1 Å². The van der Waals surface area contributed by atoms with Crippen molar-refractivity contribution < 1.29 is 14.3 Å². The molecule has 0 aliphatic carbocycles. The second-order valence-corrected chi connectivity index (χ2v) is 8.13. The normalized spacial score (nSPS) is 17.3. The molecule has 0 saturated carbocycles. The average Bonchev–Trinajstić information content (AvgIpc) is 3.08. The van der Waals surface area contributed by atoms with E-state index in [1.807, 2.05) is 27.8 Å². The Bertz CT molecular complexity index is 873. The van der Waals surface area contributed by atoms with E-state index in [0.29, 0.717) is 24.5 Å². The van der Waals surface area contributed by atoms with Crippen molar-refractivity contribution in [3.05, 3.63) is 30.0 Å². The van der Waals surface area contributed by atoms with E-state index in [9.17, 15) is 4.79 Å². The van der Waals surface area contributed by atoms with Gasteiger partial charge in [0.05, 0.1) is 32.2 Å². The zero-order valence-corrected chi connectivity index (χ0v) is 18.1. The summed E-state index contributed by atoms with van der Waals surface area (Å²) >= 11 is 0. The van der Waals surface area contributed by atoms with Crippen LogP contribution in [0.15, 0.2) is 24.3 Å². The number of piperidine rings is 1. The third-order valence-electron chi connectivity index (χ3n) is 6.14. The number of nitrogens with zero attached hydrogens (tertiary/aromatic N) is 4. The number of rotatable bonds is 6. The van der Waals surface area contributed by atoms with Crippen molar-refractivity contribution >= 4 is 5.91 Å². The summed E-state index contributed by atoms with van der Waals surface area (Å²) in [4.78, 5) is 17.3. The SMILES string of the molecule is COc1ccc(-c2cc3n(n2)CCCN(C(=O)CCN2CCCCC2)C3)cc1OC. The van der Waals surface area contributed by atoms with Crippen molar-refractivity contribution in [3.63, 3.8) is 0 Å². The van der Waals surface area contributed by atoms with Crippen molar-refractivity contribution in [2.75, 3.05) is 40.4 Å². The maximum absolute atomic E-state index is 12.9. The predicted octanol–water partition coefficient (Wildman–Crippen LogP) is 3.18. The van der Waals surface area contributed by atoms with E-state index >= 15 is 0 Å². The van der Waals surface area contributed by atoms with Crippen LogP contribution in [0, 0.1) is 0 Å². The Hall–Kier alpha value is -2.54. The van der Waals surface area contributed by atoms with Crippen LogP contribution in [0.2, 0.25) is 0 Å². The average molecular weight is 413 g/mol. The lowest BCUT2D eigenvalue weighted by atomic mass is 10.1. The molecule has 0 bridgehead atoms. The number of amides is 1. The lowest BCUT2D eigenvalue weighted by Gasteiger charge is -2.27. The molecule has 2 aliphatic rings. The van der Waals surface area contributed by atoms with E-state index in [2.05, 4.69) is 11.0 Å². The van der Waals surface area contributed by atoms with Gasteiger partial charge in [-0.3, -0.25) is 9.48 Å². The second kappa shape index (κ2) is 9.51. The van der Waals surface area contributed by atoms with Crippen LogP contribution in [0.4, 0.5) is 0 Å². The number of fused-ring (bicyclic) bond motifs is 1. The molecule has 30 heavy (non-hydrogen) atoms. The number of aromatic nitrogens is 2. The first-order valence-electron chi connectivity index (χ1n) is 11.0. The molecule has 0 spiro atoms. The highest BCUT2D eigenvalue weighted by Gasteiger charge is 2.22. The number of carbonyl (C=O) groups excluding carboxylic acids is 1. The predicted molar refractivity (Wildman–Crippen MR) is 116 cm³/mol. The number of benzene rings is 1. The molecule has 1 amide bonds. The van der Waals surface area contributed by atoms with E-state index < -0.39 is 0 Å². The standard InChI is InChI=1S/C23H32N4O3/c1-29-21-8-7-18(15-22(21)30-2)20-16-19-17-26(12-6-13-27(19)24-20)23(28)9-14-25-10-4-3-5-11-25/h7-8,15-16H,3-6,9-14,17H2,1-2H3. The minimum atomic E-state index is 0.253. The molecular weight excluding hydrogens is 380 g/mol. The zero-order chi connectivity index (χ0) is 20.9. The number of ether oxygens (including phenoxy) is 2. The Balaban J connectivity index is 1.44. The fraction of sp³-hybridized carbons (Fsp3) is 0.565. The molecule has 0 unspecified atom stereocenters. The molecule has 1 saturated heterocycles. The molecule has 0 radical (unpaired) electrons. The van der Waals surface area contributed by atoms with Gasteiger partial charge in [0.25, 0.3) is 0 Å². The van der Waals surface area contributed by atoms with Crippen molar-refractivity contribution in [1.82, 2.24) is 19.6 Å². The molecule has 0 N–H and O–H groups in total. The molecule has 7 heteroatoms. The van der Waals surface area contributed by atoms with Gasteiger partial charge in [0.2, 0.25) is 5.91 Å². The van der Waals surface area contributed by atoms with E-state index in [-0.39, 0.29) is 5.91 Å². The van der Waals surface area contributed by atoms with Crippen LogP contribution in [0.1, 0.15) is 37.8 Å². The number of likely N-dealkylation sites (tertiary alicyclic amines) is 1. The van der Waals surface area contributed by atoms with Crippen molar-refractivity contribution in [2.45, 2.75) is 45.2 Å². The van der Waals surface area contributed by atoms with Crippen LogP contribution in [0.5, 0.6) is 11.5 Å². The highest BCUT2D eigenvalue weighted by Crippen LogP contribution is 2.32. The Kier molecular flexibility index (Phi) is 6.57. The zero-order valence-electron chi connectivity index (χ0n) is 18.1. The summed E-state index contributed by atoms with van der Waals surface area (Å²) in [6.07, 6.45) is 5.38. The van der Waals surface area contributed by atoms with Gasteiger partial charge in [0.1, 0.15) is 0 Å². The van der Waals surface area contributed by atoms with Crippen LogP contribution in [-0.4, -0.2) is 65.9 Å². The first kappa shape index (κ1) is 20.7. The van der Waals surface area contributed by atoms with Crippen molar-refractivity contribution in [3.8, 4) is 22.8 Å². The Labute approximate surface area is 178 Å². The summed E-state index contributed by atoms with van der Waals surface area (Å²) in [5, 5.41) is 4.80. The largest absolute Gasteiger partial charge is 0.493 e. The van der Waals surface area contributed by atoms with E-state index in [1.54, 1.807) is 14.2 Å². The number of hydrogen-bond acceptors (Lipinski definition) is 5. The smallest absolute Gasteiger partial charge is 0.224 e. The fourth-order valence-electron chi connectivity index (χ4n) is 4.41. The van der Waals surface area contributed by atoms with Gasteiger partial charge in [0, 0.05) is 31.6 Å². The summed E-state index contributed by atoms with van der Waals surface area (Å²) in [7, 11) is 3.27. The number of methoxy groups -OCH3 is 2. The Morgan fingerprint density at radius 2 is 1.77 bits per heavy atom. The molecular formula is C23H32N4O3. The van der Waals surface area contributed by atoms with Gasteiger partial charge in [-0.25, -0.2) is 0 Å². The fourth-order valence-corrected chi connectivity index (χ4v) is 4.41. The Morgan fingerprint density at radius 1 is 0.967 bits per heavy atom. The molecule has 1 fully saturated rings. The van der Waals surface area contributed by atoms with Crippen LogP contribution >= 0.6 is 0 Å². The monoisotopic (exact) mass is 412 g/mol. The minimum Gasteiger partial charge on any atom is -0.493 e. The van der Waals surface area contributed by atoms with Gasteiger partial charge in [-0.15, -0.1) is 0 Å². The van der Waals surface area contributed by atoms with Gasteiger partial charge >= 0.3 is 0 Å². The maximum Gasteiger partial charge on any atom is 0.224 e. The van der Waals surface area contributed by atoms with Gasteiger partial charge in [0.15, 0.2) is 11.5 Å². The van der Waals surface area contributed by atoms with E-state index in [4.69, 9.17) is 14.6 Å².